The van der Waals surface area contributed by atoms with Gasteiger partial charge in [0.1, 0.15) is 0 Å². The van der Waals surface area contributed by atoms with Gasteiger partial charge in [0.25, 0.3) is 0 Å². The molecule has 0 aromatic heterocycles. The molecule has 0 aromatic rings. The second-order valence-electron chi connectivity index (χ2n) is 2.04. The molecule has 0 unspecified atom stereocenters. The van der Waals surface area contributed by atoms with E-state index in [9.17, 15) is 0 Å². The van der Waals surface area contributed by atoms with Crippen LogP contribution in [0.2, 0.25) is 0 Å². The van der Waals surface area contributed by atoms with E-state index in [2.05, 4.69) is 0 Å². The molecule has 0 aromatic carbocycles. The fraction of sp³-hybridized carbons (Fsp3) is 0. The first-order valence-electron chi connectivity index (χ1n) is 3.33. The van der Waals surface area contributed by atoms with Gasteiger partial charge in [-0.05, 0) is 0 Å². The van der Waals surface area contributed by atoms with E-state index >= 15 is 0 Å². The Labute approximate surface area is 208 Å². The Bertz CT molecular complexity index is 631. The fourth-order valence-corrected chi connectivity index (χ4v) is 0. The molecular weight excluding hydrogens is 721 g/mol. The molecular formula is CuFe2O20S5Zn. The zero-order valence-electron chi connectivity index (χ0n) is 11.9. The molecule has 0 spiro atoms. The van der Waals surface area contributed by atoms with Crippen LogP contribution in [0.4, 0.5) is 0 Å². The summed E-state index contributed by atoms with van der Waals surface area (Å²) in [6, 6.07) is 0. The largest absolute Gasteiger partial charge is 3.00 e. The van der Waals surface area contributed by atoms with Crippen LogP contribution in [-0.4, -0.2) is 87.6 Å². The van der Waals surface area contributed by atoms with Crippen molar-refractivity contribution in [2.24, 2.45) is 0 Å². The molecule has 0 aliphatic heterocycles. The minimum atomic E-state index is -5.17. The van der Waals surface area contributed by atoms with E-state index in [1.807, 2.05) is 0 Å². The minimum Gasteiger partial charge on any atom is -0.759 e. The van der Waals surface area contributed by atoms with Crippen molar-refractivity contribution in [2.75, 3.05) is 0 Å². The predicted molar refractivity (Wildman–Crippen MR) is 52.4 cm³/mol. The van der Waals surface area contributed by atoms with Crippen LogP contribution in [0, 0.1) is 0 Å². The molecule has 0 bridgehead atoms. The summed E-state index contributed by atoms with van der Waals surface area (Å²) in [5.74, 6) is 0. The maximum absolute atomic E-state index is 8.52. The van der Waals surface area contributed by atoms with E-state index in [0.717, 1.165) is 0 Å². The van der Waals surface area contributed by atoms with E-state index in [4.69, 9.17) is 87.6 Å². The van der Waals surface area contributed by atoms with E-state index < -0.39 is 52.0 Å². The van der Waals surface area contributed by atoms with Crippen molar-refractivity contribution < 1.29 is 158 Å². The summed E-state index contributed by atoms with van der Waals surface area (Å²) in [5, 5.41) is 0. The molecule has 3 radical (unpaired) electrons. The van der Waals surface area contributed by atoms with Gasteiger partial charge in [0, 0.05) is 52.0 Å². The summed E-state index contributed by atoms with van der Waals surface area (Å²) < 4.78 is 170. The molecule has 0 heterocycles. The Morgan fingerprint density at radius 1 is 0.310 bits per heavy atom. The average Bonchev–Trinajstić information content (AvgIpc) is 1.79. The molecule has 179 valence electrons. The van der Waals surface area contributed by atoms with Crippen molar-refractivity contribution in [3.8, 4) is 0 Å². The van der Waals surface area contributed by atoms with Gasteiger partial charge in [0.15, 0.2) is 0 Å². The van der Waals surface area contributed by atoms with Crippen LogP contribution in [0.3, 0.4) is 0 Å². The summed E-state index contributed by atoms with van der Waals surface area (Å²) in [6.45, 7) is 0. The van der Waals surface area contributed by atoms with Crippen LogP contribution in [0.25, 0.3) is 0 Å². The molecule has 29 heavy (non-hydrogen) atoms. The molecule has 20 nitrogen and oxygen atoms in total. The first-order chi connectivity index (χ1) is 10.0. The number of hydrogen-bond donors (Lipinski definition) is 0. The molecule has 0 atom stereocenters. The zero-order chi connectivity index (χ0) is 22.5. The van der Waals surface area contributed by atoms with Gasteiger partial charge >= 0.3 is 70.7 Å². The Morgan fingerprint density at radius 2 is 0.310 bits per heavy atom. The second kappa shape index (κ2) is 24.2. The van der Waals surface area contributed by atoms with E-state index in [-0.39, 0.29) is 70.7 Å². The summed E-state index contributed by atoms with van der Waals surface area (Å²) >= 11 is 0. The molecule has 0 aliphatic rings. The standard InChI is InChI=1S/Cu.2Fe.5H2O4S.Zn/c;;;5*1-5(2,3)4;/h;;;5*(H2,1,2,3,4);/q+2;2*+3;;;;;;+2/p-10. The van der Waals surface area contributed by atoms with Crippen LogP contribution in [-0.2, 0) is 123 Å². The first kappa shape index (κ1) is 57.4. The van der Waals surface area contributed by atoms with Crippen molar-refractivity contribution >= 4 is 52.0 Å². The van der Waals surface area contributed by atoms with Gasteiger partial charge in [-0.1, -0.05) is 0 Å². The van der Waals surface area contributed by atoms with Crippen LogP contribution < -0.4 is 0 Å². The van der Waals surface area contributed by atoms with Crippen molar-refractivity contribution in [3.63, 3.8) is 0 Å². The summed E-state index contributed by atoms with van der Waals surface area (Å²) in [5.41, 5.74) is 0. The Hall–Kier alpha value is 1.53. The SMILES string of the molecule is O=S(=O)([O-])[O-].O=S(=O)([O-])[O-].O=S(=O)([O-])[O-].O=S(=O)([O-])[O-].O=S(=O)([O-])[O-].[Cu+2].[Fe+3].[Fe+3].[Zn+2]. The Kier molecular flexibility index (Phi) is 47.9. The van der Waals surface area contributed by atoms with E-state index in [1.54, 1.807) is 0 Å². The monoisotopic (exact) mass is 718 g/mol. The van der Waals surface area contributed by atoms with E-state index in [1.165, 1.54) is 0 Å². The normalized spacial score (nSPS) is 10.0. The molecule has 0 fully saturated rings. The predicted octanol–water partition coefficient (Wildman–Crippen LogP) is -6.70. The maximum atomic E-state index is 8.52. The van der Waals surface area contributed by atoms with Gasteiger partial charge in [-0.2, -0.15) is 0 Å². The topological polar surface area (TPSA) is 401 Å². The van der Waals surface area contributed by atoms with Crippen LogP contribution in [0.15, 0.2) is 0 Å². The quantitative estimate of drug-likeness (QED) is 0.127. The van der Waals surface area contributed by atoms with Gasteiger partial charge < -0.3 is 45.5 Å². The fourth-order valence-electron chi connectivity index (χ4n) is 0. The second-order valence-corrected chi connectivity index (χ2v) is 6.12. The molecule has 0 rings (SSSR count). The molecule has 0 aliphatic carbocycles. The minimum absolute atomic E-state index is 0. The molecule has 0 saturated carbocycles. The molecule has 29 heteroatoms. The van der Waals surface area contributed by atoms with Gasteiger partial charge in [0.2, 0.25) is 0 Å². The Morgan fingerprint density at radius 3 is 0.310 bits per heavy atom. The number of rotatable bonds is 0. The number of hydrogen-bond acceptors (Lipinski definition) is 20. The summed E-state index contributed by atoms with van der Waals surface area (Å²) in [7, 11) is -25.8. The molecule has 0 amide bonds. The van der Waals surface area contributed by atoms with Crippen molar-refractivity contribution in [1.82, 2.24) is 0 Å². The first-order valence-corrected chi connectivity index (χ1v) is 10.0. The van der Waals surface area contributed by atoms with Crippen molar-refractivity contribution in [3.05, 3.63) is 0 Å². The third-order valence-electron chi connectivity index (χ3n) is 0. The molecule has 0 saturated heterocycles. The Balaban J connectivity index is -0.0000000238. The maximum Gasteiger partial charge on any atom is 3.00 e. The smallest absolute Gasteiger partial charge is 0.759 e. The third-order valence-corrected chi connectivity index (χ3v) is 0. The molecule has 0 N–H and O–H groups in total. The van der Waals surface area contributed by atoms with Crippen LogP contribution in [0.1, 0.15) is 0 Å². The summed E-state index contributed by atoms with van der Waals surface area (Å²) in [6.07, 6.45) is 0. The van der Waals surface area contributed by atoms with Crippen molar-refractivity contribution in [2.45, 2.75) is 0 Å². The van der Waals surface area contributed by atoms with Crippen molar-refractivity contribution in [1.29, 1.82) is 0 Å². The van der Waals surface area contributed by atoms with E-state index in [0.29, 0.717) is 0 Å². The van der Waals surface area contributed by atoms with Crippen LogP contribution in [0.5, 0.6) is 0 Å². The summed E-state index contributed by atoms with van der Waals surface area (Å²) in [4.78, 5) is 0. The van der Waals surface area contributed by atoms with Gasteiger partial charge in [-0.15, -0.1) is 0 Å². The van der Waals surface area contributed by atoms with Gasteiger partial charge in [0.05, 0.1) is 0 Å². The van der Waals surface area contributed by atoms with Gasteiger partial charge in [-0.3, -0.25) is 42.1 Å². The zero-order valence-corrected chi connectivity index (χ0v) is 22.1. The average molecular weight is 721 g/mol. The third kappa shape index (κ3) is 9540. The van der Waals surface area contributed by atoms with Gasteiger partial charge in [-0.25, -0.2) is 0 Å². The van der Waals surface area contributed by atoms with Crippen LogP contribution >= 0.6 is 0 Å².